The molecule has 2 aromatic carbocycles. The van der Waals surface area contributed by atoms with Crippen LogP contribution in [0.5, 0.6) is 11.5 Å². The molecule has 0 bridgehead atoms. The minimum atomic E-state index is -0.424. The first-order valence-electron chi connectivity index (χ1n) is 8.48. The van der Waals surface area contributed by atoms with Crippen LogP contribution >= 0.6 is 34.8 Å². The smallest absolute Gasteiger partial charge is 0.166 e. The van der Waals surface area contributed by atoms with E-state index in [9.17, 15) is 4.39 Å². The summed E-state index contributed by atoms with van der Waals surface area (Å²) in [4.78, 5) is 4.24. The van der Waals surface area contributed by atoms with Crippen LogP contribution in [0.15, 0.2) is 48.7 Å². The van der Waals surface area contributed by atoms with Gasteiger partial charge in [0.2, 0.25) is 0 Å². The molecule has 4 nitrogen and oxygen atoms in total. The maximum atomic E-state index is 9.50. The zero-order valence-electron chi connectivity index (χ0n) is 16.0. The van der Waals surface area contributed by atoms with Crippen LogP contribution in [0.4, 0.5) is 10.2 Å². The van der Waals surface area contributed by atoms with Gasteiger partial charge < -0.3 is 15.2 Å². The van der Waals surface area contributed by atoms with Crippen LogP contribution in [-0.4, -0.2) is 19.3 Å². The van der Waals surface area contributed by atoms with Crippen molar-refractivity contribution in [3.63, 3.8) is 0 Å². The van der Waals surface area contributed by atoms with Crippen molar-refractivity contribution in [1.82, 2.24) is 4.98 Å². The molecule has 3 aromatic rings. The quantitative estimate of drug-likeness (QED) is 0.447. The highest BCUT2D eigenvalue weighted by Crippen LogP contribution is 2.38. The monoisotopic (exact) mass is 456 g/mol. The van der Waals surface area contributed by atoms with Gasteiger partial charge in [-0.1, -0.05) is 40.9 Å². The molecule has 1 atom stereocenters. The van der Waals surface area contributed by atoms with Crippen LogP contribution in [0.1, 0.15) is 18.6 Å². The lowest BCUT2D eigenvalue weighted by atomic mass is 10.1. The third-order valence-corrected chi connectivity index (χ3v) is 4.96. The number of nitrogens with two attached hydrogens (primary N) is 1. The molecule has 1 aromatic heterocycles. The molecule has 0 spiro atoms. The third kappa shape index (κ3) is 5.44. The Balaban J connectivity index is 0.00000145. The van der Waals surface area contributed by atoms with Gasteiger partial charge in [0.1, 0.15) is 11.9 Å². The summed E-state index contributed by atoms with van der Waals surface area (Å²) >= 11 is 18.7. The molecule has 0 saturated heterocycles. The Morgan fingerprint density at radius 2 is 1.66 bits per heavy atom. The van der Waals surface area contributed by atoms with Gasteiger partial charge >= 0.3 is 0 Å². The Kier molecular flexibility index (Phi) is 8.38. The van der Waals surface area contributed by atoms with E-state index in [1.54, 1.807) is 55.8 Å². The average molecular weight is 458 g/mol. The van der Waals surface area contributed by atoms with Crippen molar-refractivity contribution < 1.29 is 13.9 Å². The van der Waals surface area contributed by atoms with E-state index >= 15 is 0 Å². The van der Waals surface area contributed by atoms with Crippen LogP contribution in [0.2, 0.25) is 15.1 Å². The topological polar surface area (TPSA) is 57.4 Å². The van der Waals surface area contributed by atoms with Crippen molar-refractivity contribution in [1.29, 1.82) is 0 Å². The highest BCUT2D eigenvalue weighted by Gasteiger charge is 2.18. The standard InChI is InChI=1S/C20H17Cl3N2O2.CH3F/c1-11(19-15(22)4-3-5-16(19)23)27-18-8-12(10-25-20(18)24)14-9-13(21)6-7-17(14)26-2;1-2/h3-11H,1-2H3,(H2,24,25);1H3. The Labute approximate surface area is 184 Å². The molecule has 1 unspecified atom stereocenters. The average Bonchev–Trinajstić information content (AvgIpc) is 2.71. The summed E-state index contributed by atoms with van der Waals surface area (Å²) in [5.41, 5.74) is 8.24. The van der Waals surface area contributed by atoms with E-state index in [-0.39, 0.29) is 5.82 Å². The van der Waals surface area contributed by atoms with E-state index in [0.717, 1.165) is 11.1 Å². The van der Waals surface area contributed by atoms with Crippen molar-refractivity contribution >= 4 is 40.6 Å². The molecule has 1 heterocycles. The van der Waals surface area contributed by atoms with Gasteiger partial charge in [-0.3, -0.25) is 4.39 Å². The number of benzene rings is 2. The fraction of sp³-hybridized carbons (Fsp3) is 0.190. The van der Waals surface area contributed by atoms with Crippen molar-refractivity contribution in [2.75, 3.05) is 20.0 Å². The van der Waals surface area contributed by atoms with Gasteiger partial charge in [-0.15, -0.1) is 0 Å². The van der Waals surface area contributed by atoms with E-state index in [2.05, 4.69) is 4.98 Å². The number of nitrogen functional groups attached to an aromatic ring is 1. The summed E-state index contributed by atoms with van der Waals surface area (Å²) in [6, 6.07) is 12.4. The number of rotatable bonds is 5. The van der Waals surface area contributed by atoms with Crippen molar-refractivity contribution in [3.05, 3.63) is 69.3 Å². The van der Waals surface area contributed by atoms with Gasteiger partial charge in [0, 0.05) is 38.0 Å². The zero-order chi connectivity index (χ0) is 21.6. The lowest BCUT2D eigenvalue weighted by molar-refractivity contribution is 0.228. The SMILES string of the molecule is CF.COc1ccc(Cl)cc1-c1cnc(N)c(OC(C)c2c(Cl)cccc2Cl)c1. The molecule has 0 saturated carbocycles. The molecule has 0 radical (unpaired) electrons. The second-order valence-corrected chi connectivity index (χ2v) is 7.10. The predicted octanol–water partition coefficient (Wildman–Crippen LogP) is 7.03. The van der Waals surface area contributed by atoms with Crippen LogP contribution in [0.3, 0.4) is 0 Å². The van der Waals surface area contributed by atoms with Crippen molar-refractivity contribution in [2.24, 2.45) is 0 Å². The van der Waals surface area contributed by atoms with E-state index in [1.165, 1.54) is 0 Å². The molecular weight excluding hydrogens is 438 g/mol. The molecule has 2 N–H and O–H groups in total. The van der Waals surface area contributed by atoms with E-state index in [4.69, 9.17) is 50.0 Å². The lowest BCUT2D eigenvalue weighted by Gasteiger charge is -2.19. The predicted molar refractivity (Wildman–Crippen MR) is 118 cm³/mol. The first kappa shape index (κ1) is 23.1. The fourth-order valence-electron chi connectivity index (χ4n) is 2.75. The first-order valence-corrected chi connectivity index (χ1v) is 9.62. The number of hydrogen-bond donors (Lipinski definition) is 1. The fourth-order valence-corrected chi connectivity index (χ4v) is 3.63. The van der Waals surface area contributed by atoms with Gasteiger partial charge in [0.05, 0.1) is 14.3 Å². The molecule has 0 amide bonds. The maximum Gasteiger partial charge on any atom is 0.166 e. The Morgan fingerprint density at radius 3 is 2.28 bits per heavy atom. The van der Waals surface area contributed by atoms with Crippen molar-refractivity contribution in [3.8, 4) is 22.6 Å². The highest BCUT2D eigenvalue weighted by atomic mass is 35.5. The summed E-state index contributed by atoms with van der Waals surface area (Å²) in [7, 11) is 2.09. The second-order valence-electron chi connectivity index (χ2n) is 5.85. The minimum absolute atomic E-state index is 0.259. The summed E-state index contributed by atoms with van der Waals surface area (Å²) in [5.74, 6) is 1.34. The molecule has 0 aliphatic rings. The van der Waals surface area contributed by atoms with Crippen LogP contribution < -0.4 is 15.2 Å². The number of alkyl halides is 1. The number of ether oxygens (including phenoxy) is 2. The van der Waals surface area contributed by atoms with Gasteiger partial charge in [-0.2, -0.15) is 0 Å². The Hall–Kier alpha value is -2.21. The lowest BCUT2D eigenvalue weighted by Crippen LogP contribution is -2.07. The number of hydrogen-bond acceptors (Lipinski definition) is 4. The molecular formula is C21H20Cl3FN2O2. The van der Waals surface area contributed by atoms with Crippen LogP contribution in [-0.2, 0) is 0 Å². The largest absolute Gasteiger partial charge is 0.496 e. The molecule has 29 heavy (non-hydrogen) atoms. The number of halogens is 4. The normalized spacial score (nSPS) is 11.3. The molecule has 0 aliphatic heterocycles. The highest BCUT2D eigenvalue weighted by molar-refractivity contribution is 6.36. The zero-order valence-corrected chi connectivity index (χ0v) is 18.3. The number of nitrogens with zero attached hydrogens (tertiary/aromatic N) is 1. The molecule has 0 aliphatic carbocycles. The molecule has 3 rings (SSSR count). The molecule has 154 valence electrons. The summed E-state index contributed by atoms with van der Waals surface area (Å²) in [6.45, 7) is 1.85. The van der Waals surface area contributed by atoms with Crippen LogP contribution in [0.25, 0.3) is 11.1 Å². The number of anilines is 1. The maximum absolute atomic E-state index is 9.50. The van der Waals surface area contributed by atoms with Gasteiger partial charge in [0.15, 0.2) is 11.6 Å². The number of pyridine rings is 1. The van der Waals surface area contributed by atoms with Crippen molar-refractivity contribution in [2.45, 2.75) is 13.0 Å². The van der Waals surface area contributed by atoms with E-state index < -0.39 is 6.10 Å². The first-order chi connectivity index (χ1) is 13.9. The third-order valence-electron chi connectivity index (χ3n) is 4.06. The van der Waals surface area contributed by atoms with Gasteiger partial charge in [-0.05, 0) is 43.3 Å². The van der Waals surface area contributed by atoms with E-state index in [1.807, 2.05) is 6.92 Å². The van der Waals surface area contributed by atoms with E-state index in [0.29, 0.717) is 39.3 Å². The number of aromatic nitrogens is 1. The second kappa shape index (κ2) is 10.5. The van der Waals surface area contributed by atoms with Gasteiger partial charge in [-0.25, -0.2) is 4.98 Å². The summed E-state index contributed by atoms with van der Waals surface area (Å²) < 4.78 is 20.9. The minimum Gasteiger partial charge on any atom is -0.496 e. The molecule has 0 fully saturated rings. The van der Waals surface area contributed by atoms with Crippen LogP contribution in [0, 0.1) is 0 Å². The Bertz CT molecular complexity index is 966. The number of methoxy groups -OCH3 is 1. The molecule has 8 heteroatoms. The summed E-state index contributed by atoms with van der Waals surface area (Å²) in [5, 5.41) is 1.63. The Morgan fingerprint density at radius 1 is 1.00 bits per heavy atom. The van der Waals surface area contributed by atoms with Gasteiger partial charge in [0.25, 0.3) is 0 Å². The summed E-state index contributed by atoms with van der Waals surface area (Å²) in [6.07, 6.45) is 1.22.